The average molecular weight is 476 g/mol. The van der Waals surface area contributed by atoms with Crippen LogP contribution in [0.3, 0.4) is 0 Å². The highest BCUT2D eigenvalue weighted by atomic mass is 35.5. The van der Waals surface area contributed by atoms with Crippen molar-refractivity contribution >= 4 is 52.2 Å². The maximum Gasteiger partial charge on any atom is 0.234 e. The molecule has 2 aromatic carbocycles. The zero-order chi connectivity index (χ0) is 22.3. The van der Waals surface area contributed by atoms with Gasteiger partial charge in [0.05, 0.1) is 28.3 Å². The van der Waals surface area contributed by atoms with Crippen molar-refractivity contribution in [3.63, 3.8) is 0 Å². The van der Waals surface area contributed by atoms with Crippen LogP contribution in [-0.2, 0) is 4.79 Å². The number of amides is 1. The van der Waals surface area contributed by atoms with Crippen LogP contribution >= 0.6 is 34.8 Å². The van der Waals surface area contributed by atoms with Gasteiger partial charge in [-0.05, 0) is 37.1 Å². The molecule has 0 saturated carbocycles. The first-order valence-electron chi connectivity index (χ1n) is 9.84. The fourth-order valence-electron chi connectivity index (χ4n) is 3.96. The number of fused-ring (bicyclic) bond motifs is 1. The predicted molar refractivity (Wildman–Crippen MR) is 126 cm³/mol. The van der Waals surface area contributed by atoms with E-state index in [1.807, 2.05) is 57.3 Å². The number of hydrogen-bond acceptors (Lipinski definition) is 3. The Morgan fingerprint density at radius 3 is 2.45 bits per heavy atom. The highest BCUT2D eigenvalue weighted by Crippen LogP contribution is 2.42. The van der Waals surface area contributed by atoms with Crippen LogP contribution in [0.5, 0.6) is 0 Å². The minimum absolute atomic E-state index is 0.0639. The standard InChI is InChI=1S/C23H21Cl3N4O/c1-13-20(23(31)29(3)14(2)15-7-5-4-6-8-15)21(16-9-10-17(24)18(25)11-16)30-22(28-13)19(26)12-27-30/h4-12,14,20-21H,1-3H3/t14-,20?,21?/m1/s1. The SMILES string of the molecule is CC1=Nc2c(Cl)cnn2C(c2ccc(Cl)c(Cl)c2)C1C(=O)N(C)[C@H](C)c1ccccc1. The molecule has 4 rings (SSSR count). The molecule has 2 heterocycles. The zero-order valence-corrected chi connectivity index (χ0v) is 19.5. The maximum absolute atomic E-state index is 13.8. The van der Waals surface area contributed by atoms with Gasteiger partial charge in [0.1, 0.15) is 10.9 Å². The molecule has 160 valence electrons. The second-order valence-corrected chi connectivity index (χ2v) is 8.87. The van der Waals surface area contributed by atoms with Gasteiger partial charge in [-0.1, -0.05) is 71.2 Å². The molecule has 1 amide bonds. The highest BCUT2D eigenvalue weighted by Gasteiger charge is 2.41. The van der Waals surface area contributed by atoms with E-state index in [0.29, 0.717) is 26.6 Å². The average Bonchev–Trinajstić information content (AvgIpc) is 3.14. The number of halogens is 3. The fourth-order valence-corrected chi connectivity index (χ4v) is 4.44. The molecule has 8 heteroatoms. The molecule has 3 aromatic rings. The molecule has 0 spiro atoms. The number of nitrogens with zero attached hydrogens (tertiary/aromatic N) is 4. The number of aromatic nitrogens is 2. The topological polar surface area (TPSA) is 50.5 Å². The van der Waals surface area contributed by atoms with Crippen molar-refractivity contribution < 1.29 is 4.79 Å². The molecule has 1 aliphatic rings. The monoisotopic (exact) mass is 474 g/mol. The van der Waals surface area contributed by atoms with Gasteiger partial charge in [0.2, 0.25) is 5.91 Å². The maximum atomic E-state index is 13.8. The minimum Gasteiger partial charge on any atom is -0.338 e. The van der Waals surface area contributed by atoms with Crippen LogP contribution in [0.25, 0.3) is 0 Å². The molecule has 0 bridgehead atoms. The summed E-state index contributed by atoms with van der Waals surface area (Å²) in [5.41, 5.74) is 2.53. The van der Waals surface area contributed by atoms with Gasteiger partial charge < -0.3 is 4.90 Å². The second-order valence-electron chi connectivity index (χ2n) is 7.65. The van der Waals surface area contributed by atoms with Crippen molar-refractivity contribution in [3.8, 4) is 0 Å². The summed E-state index contributed by atoms with van der Waals surface area (Å²) in [6.45, 7) is 3.86. The van der Waals surface area contributed by atoms with E-state index in [-0.39, 0.29) is 11.9 Å². The summed E-state index contributed by atoms with van der Waals surface area (Å²) in [5.74, 6) is -0.110. The van der Waals surface area contributed by atoms with E-state index in [2.05, 4.69) is 10.1 Å². The van der Waals surface area contributed by atoms with Crippen LogP contribution in [0.4, 0.5) is 5.82 Å². The van der Waals surface area contributed by atoms with E-state index in [9.17, 15) is 4.79 Å². The predicted octanol–water partition coefficient (Wildman–Crippen LogP) is 6.37. The van der Waals surface area contributed by atoms with Crippen molar-refractivity contribution in [3.05, 3.63) is 80.9 Å². The number of benzene rings is 2. The van der Waals surface area contributed by atoms with Gasteiger partial charge in [0, 0.05) is 12.8 Å². The van der Waals surface area contributed by atoms with Crippen LogP contribution in [0.1, 0.15) is 37.1 Å². The fraction of sp³-hybridized carbons (Fsp3) is 0.261. The first-order valence-corrected chi connectivity index (χ1v) is 11.0. The number of carbonyl (C=O) groups excluding carboxylic acids is 1. The van der Waals surface area contributed by atoms with Crippen molar-refractivity contribution in [1.82, 2.24) is 14.7 Å². The van der Waals surface area contributed by atoms with Crippen LogP contribution in [-0.4, -0.2) is 33.3 Å². The van der Waals surface area contributed by atoms with E-state index in [1.54, 1.807) is 27.9 Å². The lowest BCUT2D eigenvalue weighted by atomic mass is 9.86. The molecular formula is C23H21Cl3N4O. The third kappa shape index (κ3) is 3.98. The molecular weight excluding hydrogens is 455 g/mol. The molecule has 1 aromatic heterocycles. The third-order valence-corrected chi connectivity index (χ3v) is 6.81. The molecule has 0 saturated heterocycles. The molecule has 0 fully saturated rings. The first kappa shape index (κ1) is 21.9. The highest BCUT2D eigenvalue weighted by molar-refractivity contribution is 6.42. The summed E-state index contributed by atoms with van der Waals surface area (Å²) in [4.78, 5) is 20.2. The van der Waals surface area contributed by atoms with E-state index in [0.717, 1.165) is 11.1 Å². The largest absolute Gasteiger partial charge is 0.338 e. The summed E-state index contributed by atoms with van der Waals surface area (Å²) >= 11 is 18.8. The summed E-state index contributed by atoms with van der Waals surface area (Å²) < 4.78 is 1.69. The first-order chi connectivity index (χ1) is 14.8. The molecule has 0 radical (unpaired) electrons. The lowest BCUT2D eigenvalue weighted by Gasteiger charge is -2.36. The van der Waals surface area contributed by atoms with Crippen LogP contribution in [0.2, 0.25) is 15.1 Å². The molecule has 0 N–H and O–H groups in total. The quantitative estimate of drug-likeness (QED) is 0.440. The molecule has 2 unspecified atom stereocenters. The summed E-state index contributed by atoms with van der Waals surface area (Å²) in [6, 6.07) is 14.7. The molecule has 3 atom stereocenters. The van der Waals surface area contributed by atoms with Gasteiger partial charge in [-0.2, -0.15) is 5.10 Å². The van der Waals surface area contributed by atoms with E-state index < -0.39 is 12.0 Å². The summed E-state index contributed by atoms with van der Waals surface area (Å²) in [6.07, 6.45) is 1.54. The van der Waals surface area contributed by atoms with Gasteiger partial charge in [0.15, 0.2) is 5.82 Å². The minimum atomic E-state index is -0.572. The van der Waals surface area contributed by atoms with Crippen LogP contribution < -0.4 is 0 Å². The Kier molecular flexibility index (Phi) is 6.11. The molecule has 5 nitrogen and oxygen atoms in total. The van der Waals surface area contributed by atoms with Gasteiger partial charge in [-0.25, -0.2) is 9.67 Å². The molecule has 31 heavy (non-hydrogen) atoms. The van der Waals surface area contributed by atoms with Crippen molar-refractivity contribution in [2.45, 2.75) is 25.9 Å². The van der Waals surface area contributed by atoms with Crippen molar-refractivity contribution in [2.24, 2.45) is 10.9 Å². The van der Waals surface area contributed by atoms with Crippen molar-refractivity contribution in [1.29, 1.82) is 0 Å². The van der Waals surface area contributed by atoms with Crippen LogP contribution in [0, 0.1) is 5.92 Å². The lowest BCUT2D eigenvalue weighted by Crippen LogP contribution is -2.44. The van der Waals surface area contributed by atoms with E-state index in [1.165, 1.54) is 0 Å². The Balaban J connectivity index is 1.78. The number of carbonyl (C=O) groups is 1. The normalized spacial score (nSPS) is 18.8. The Bertz CT molecular complexity index is 1160. The smallest absolute Gasteiger partial charge is 0.234 e. The number of hydrogen-bond donors (Lipinski definition) is 0. The van der Waals surface area contributed by atoms with Gasteiger partial charge in [0.25, 0.3) is 0 Å². The Morgan fingerprint density at radius 1 is 1.06 bits per heavy atom. The van der Waals surface area contributed by atoms with Crippen LogP contribution in [0.15, 0.2) is 59.7 Å². The summed E-state index contributed by atoms with van der Waals surface area (Å²) in [7, 11) is 1.81. The Morgan fingerprint density at radius 2 is 1.77 bits per heavy atom. The summed E-state index contributed by atoms with van der Waals surface area (Å²) in [5, 5.41) is 5.72. The van der Waals surface area contributed by atoms with Gasteiger partial charge >= 0.3 is 0 Å². The Hall–Kier alpha value is -2.34. The van der Waals surface area contributed by atoms with Gasteiger partial charge in [-0.15, -0.1) is 0 Å². The van der Waals surface area contributed by atoms with E-state index in [4.69, 9.17) is 34.8 Å². The molecule has 1 aliphatic heterocycles. The number of aliphatic imine (C=N–C) groups is 1. The van der Waals surface area contributed by atoms with Gasteiger partial charge in [-0.3, -0.25) is 4.79 Å². The number of rotatable bonds is 4. The second kappa shape index (κ2) is 8.65. The third-order valence-electron chi connectivity index (χ3n) is 5.80. The Labute approximate surface area is 196 Å². The van der Waals surface area contributed by atoms with Crippen molar-refractivity contribution in [2.75, 3.05) is 7.05 Å². The van der Waals surface area contributed by atoms with E-state index >= 15 is 0 Å². The molecule has 0 aliphatic carbocycles. The lowest BCUT2D eigenvalue weighted by molar-refractivity contribution is -0.135. The zero-order valence-electron chi connectivity index (χ0n) is 17.3.